The largest absolute Gasteiger partial charge is 0.504 e. The number of benzene rings is 2. The van der Waals surface area contributed by atoms with E-state index in [0.717, 1.165) is 5.56 Å². The van der Waals surface area contributed by atoms with Crippen LogP contribution in [0.4, 0.5) is 0 Å². The van der Waals surface area contributed by atoms with Gasteiger partial charge in [0.15, 0.2) is 23.0 Å². The van der Waals surface area contributed by atoms with Crippen LogP contribution >= 0.6 is 0 Å². The number of esters is 1. The van der Waals surface area contributed by atoms with E-state index >= 15 is 0 Å². The zero-order valence-electron chi connectivity index (χ0n) is 15.5. The average Bonchev–Trinajstić information content (AvgIpc) is 2.93. The summed E-state index contributed by atoms with van der Waals surface area (Å²) in [6.45, 7) is 3.62. The van der Waals surface area contributed by atoms with E-state index in [0.29, 0.717) is 35.8 Å². The number of carbonyl (C=O) groups excluding carboxylic acids is 1. The van der Waals surface area contributed by atoms with Crippen LogP contribution in [0.15, 0.2) is 48.6 Å². The van der Waals surface area contributed by atoms with Crippen molar-refractivity contribution in [1.82, 2.24) is 0 Å². The summed E-state index contributed by atoms with van der Waals surface area (Å²) in [7, 11) is 1.51. The summed E-state index contributed by atoms with van der Waals surface area (Å²) < 4.78 is 21.6. The molecule has 0 saturated heterocycles. The highest BCUT2D eigenvalue weighted by Gasteiger charge is 2.31. The number of ether oxygens (including phenoxy) is 4. The molecule has 6 nitrogen and oxygen atoms in total. The molecule has 0 unspecified atom stereocenters. The molecular formula is C21H22O6. The number of aryl methyl sites for hydroxylation is 1. The molecule has 1 heterocycles. The summed E-state index contributed by atoms with van der Waals surface area (Å²) in [6, 6.07) is 10.2. The second-order valence-electron chi connectivity index (χ2n) is 6.58. The Kier molecular flexibility index (Phi) is 5.26. The van der Waals surface area contributed by atoms with Crippen LogP contribution in [0.5, 0.6) is 28.7 Å². The Morgan fingerprint density at radius 3 is 2.70 bits per heavy atom. The summed E-state index contributed by atoms with van der Waals surface area (Å²) in [5, 5.41) is 9.59. The monoisotopic (exact) mass is 370 g/mol. The Bertz CT molecular complexity index is 869. The topological polar surface area (TPSA) is 74.2 Å². The van der Waals surface area contributed by atoms with E-state index in [2.05, 4.69) is 0 Å². The molecule has 6 heteroatoms. The highest BCUT2D eigenvalue weighted by molar-refractivity contribution is 5.84. The number of hydrogen-bond donors (Lipinski definition) is 1. The summed E-state index contributed by atoms with van der Waals surface area (Å²) in [4.78, 5) is 12.0. The quantitative estimate of drug-likeness (QED) is 0.471. The summed E-state index contributed by atoms with van der Waals surface area (Å²) in [5.74, 6) is 0.927. The maximum Gasteiger partial charge on any atom is 0.335 e. The normalized spacial score (nSPS) is 14.3. The van der Waals surface area contributed by atoms with Crippen molar-refractivity contribution in [1.29, 1.82) is 0 Å². The van der Waals surface area contributed by atoms with E-state index in [1.54, 1.807) is 36.4 Å². The number of rotatable bonds is 6. The first kappa shape index (κ1) is 18.6. The fourth-order valence-corrected chi connectivity index (χ4v) is 2.72. The van der Waals surface area contributed by atoms with Crippen LogP contribution in [-0.4, -0.2) is 24.0 Å². The Morgan fingerprint density at radius 1 is 1.15 bits per heavy atom. The van der Waals surface area contributed by atoms with Crippen molar-refractivity contribution in [3.05, 3.63) is 54.1 Å². The SMILES string of the molecule is COc1cc(CC/C=C/C(=O)Oc2ccc3c(c2)OC(C)(C)O3)ccc1O. The average molecular weight is 370 g/mol. The molecule has 0 atom stereocenters. The highest BCUT2D eigenvalue weighted by atomic mass is 16.7. The van der Waals surface area contributed by atoms with Gasteiger partial charge in [-0.1, -0.05) is 12.1 Å². The molecule has 0 radical (unpaired) electrons. The van der Waals surface area contributed by atoms with Crippen molar-refractivity contribution in [3.63, 3.8) is 0 Å². The van der Waals surface area contributed by atoms with Crippen molar-refractivity contribution in [3.8, 4) is 28.7 Å². The summed E-state index contributed by atoms with van der Waals surface area (Å²) in [6.07, 6.45) is 4.50. The standard InChI is InChI=1S/C21H22O6/c1-21(2)26-17-11-9-15(13-19(17)27-21)25-20(23)7-5-4-6-14-8-10-16(22)18(12-14)24-3/h5,7-13,22H,4,6H2,1-3H3/b7-5+. The predicted octanol–water partition coefficient (Wildman–Crippen LogP) is 4.00. The molecule has 1 aliphatic heterocycles. The van der Waals surface area contributed by atoms with Gasteiger partial charge in [-0.25, -0.2) is 4.79 Å². The molecule has 1 N–H and O–H groups in total. The number of fused-ring (bicyclic) bond motifs is 1. The van der Waals surface area contributed by atoms with Crippen molar-refractivity contribution < 1.29 is 28.8 Å². The fourth-order valence-electron chi connectivity index (χ4n) is 2.72. The number of hydrogen-bond acceptors (Lipinski definition) is 6. The lowest BCUT2D eigenvalue weighted by atomic mass is 10.1. The molecule has 27 heavy (non-hydrogen) atoms. The molecule has 0 saturated carbocycles. The number of phenolic OH excluding ortho intramolecular Hbond substituents is 1. The summed E-state index contributed by atoms with van der Waals surface area (Å²) in [5.41, 5.74) is 1.00. The molecule has 2 aromatic rings. The molecular weight excluding hydrogens is 348 g/mol. The number of methoxy groups -OCH3 is 1. The van der Waals surface area contributed by atoms with Gasteiger partial charge in [-0.05, 0) is 42.7 Å². The van der Waals surface area contributed by atoms with Crippen LogP contribution in [0.1, 0.15) is 25.8 Å². The minimum Gasteiger partial charge on any atom is -0.504 e. The maximum atomic E-state index is 12.0. The number of aromatic hydroxyl groups is 1. The number of allylic oxidation sites excluding steroid dienone is 1. The second kappa shape index (κ2) is 7.61. The van der Waals surface area contributed by atoms with E-state index in [4.69, 9.17) is 18.9 Å². The lowest BCUT2D eigenvalue weighted by molar-refractivity contribution is -0.129. The lowest BCUT2D eigenvalue weighted by Crippen LogP contribution is -2.29. The van der Waals surface area contributed by atoms with Gasteiger partial charge >= 0.3 is 5.97 Å². The third-order valence-corrected chi connectivity index (χ3v) is 3.94. The Labute approximate surface area is 157 Å². The first-order valence-corrected chi connectivity index (χ1v) is 8.62. The first-order valence-electron chi connectivity index (χ1n) is 8.62. The molecule has 0 amide bonds. The Morgan fingerprint density at radius 2 is 1.93 bits per heavy atom. The third-order valence-electron chi connectivity index (χ3n) is 3.94. The van der Waals surface area contributed by atoms with Crippen LogP contribution in [0, 0.1) is 0 Å². The van der Waals surface area contributed by atoms with Gasteiger partial charge in [0, 0.05) is 26.0 Å². The highest BCUT2D eigenvalue weighted by Crippen LogP contribution is 2.41. The smallest absolute Gasteiger partial charge is 0.335 e. The first-order chi connectivity index (χ1) is 12.9. The van der Waals surface area contributed by atoms with Crippen molar-refractivity contribution in [2.45, 2.75) is 32.5 Å². The van der Waals surface area contributed by atoms with E-state index in [-0.39, 0.29) is 5.75 Å². The Balaban J connectivity index is 1.51. The van der Waals surface area contributed by atoms with Gasteiger partial charge in [-0.15, -0.1) is 0 Å². The molecule has 1 aliphatic rings. The van der Waals surface area contributed by atoms with Crippen molar-refractivity contribution in [2.24, 2.45) is 0 Å². The molecule has 3 rings (SSSR count). The maximum absolute atomic E-state index is 12.0. The molecule has 142 valence electrons. The molecule has 0 aliphatic carbocycles. The van der Waals surface area contributed by atoms with Crippen LogP contribution in [0.3, 0.4) is 0 Å². The zero-order valence-corrected chi connectivity index (χ0v) is 15.5. The third kappa shape index (κ3) is 4.73. The van der Waals surface area contributed by atoms with Crippen molar-refractivity contribution >= 4 is 5.97 Å². The molecule has 2 aromatic carbocycles. The van der Waals surface area contributed by atoms with E-state index in [1.165, 1.54) is 13.2 Å². The van der Waals surface area contributed by atoms with Gasteiger partial charge in [-0.2, -0.15) is 0 Å². The molecule has 0 aromatic heterocycles. The lowest BCUT2D eigenvalue weighted by Gasteiger charge is -2.16. The minimum absolute atomic E-state index is 0.104. The van der Waals surface area contributed by atoms with Gasteiger partial charge in [0.05, 0.1) is 7.11 Å². The summed E-state index contributed by atoms with van der Waals surface area (Å²) >= 11 is 0. The van der Waals surface area contributed by atoms with E-state index in [9.17, 15) is 9.90 Å². The van der Waals surface area contributed by atoms with Gasteiger partial charge in [0.2, 0.25) is 5.79 Å². The van der Waals surface area contributed by atoms with Crippen molar-refractivity contribution in [2.75, 3.05) is 7.11 Å². The molecule has 0 fully saturated rings. The van der Waals surface area contributed by atoms with Gasteiger partial charge in [0.25, 0.3) is 0 Å². The second-order valence-corrected chi connectivity index (χ2v) is 6.58. The van der Waals surface area contributed by atoms with Crippen LogP contribution < -0.4 is 18.9 Å². The van der Waals surface area contributed by atoms with Crippen LogP contribution in [0.25, 0.3) is 0 Å². The van der Waals surface area contributed by atoms with Crippen LogP contribution in [-0.2, 0) is 11.2 Å². The molecule has 0 spiro atoms. The van der Waals surface area contributed by atoms with E-state index in [1.807, 2.05) is 19.9 Å². The Hall–Kier alpha value is -3.15. The molecule has 0 bridgehead atoms. The van der Waals surface area contributed by atoms with E-state index < -0.39 is 11.8 Å². The van der Waals surface area contributed by atoms with Gasteiger partial charge in [-0.3, -0.25) is 0 Å². The fraction of sp³-hybridized carbons (Fsp3) is 0.286. The zero-order chi connectivity index (χ0) is 19.4. The number of phenols is 1. The van der Waals surface area contributed by atoms with Gasteiger partial charge in [0.1, 0.15) is 5.75 Å². The van der Waals surface area contributed by atoms with Crippen LogP contribution in [0.2, 0.25) is 0 Å². The number of carbonyl (C=O) groups is 1. The minimum atomic E-state index is -0.720. The predicted molar refractivity (Wildman–Crippen MR) is 99.5 cm³/mol. The van der Waals surface area contributed by atoms with Gasteiger partial charge < -0.3 is 24.1 Å².